The van der Waals surface area contributed by atoms with Gasteiger partial charge in [-0.2, -0.15) is 0 Å². The zero-order chi connectivity index (χ0) is 17.7. The van der Waals surface area contributed by atoms with Crippen LogP contribution in [0.15, 0.2) is 53.4 Å². The number of halogens is 1. The van der Waals surface area contributed by atoms with Gasteiger partial charge in [0.05, 0.1) is 5.25 Å². The second kappa shape index (κ2) is 8.11. The van der Waals surface area contributed by atoms with Crippen molar-refractivity contribution in [2.75, 3.05) is 5.32 Å². The lowest BCUT2D eigenvalue weighted by atomic mass is 10.1. The van der Waals surface area contributed by atoms with E-state index >= 15 is 0 Å². The molecule has 126 valence electrons. The molecule has 0 spiro atoms. The van der Waals surface area contributed by atoms with E-state index in [-0.39, 0.29) is 28.7 Å². The lowest BCUT2D eigenvalue weighted by Crippen LogP contribution is -2.18. The van der Waals surface area contributed by atoms with Crippen molar-refractivity contribution in [3.05, 3.63) is 59.9 Å². The van der Waals surface area contributed by atoms with Crippen LogP contribution < -0.4 is 5.32 Å². The summed E-state index contributed by atoms with van der Waals surface area (Å²) in [7, 11) is 0. The number of nitrogens with one attached hydrogen (secondary N) is 1. The van der Waals surface area contributed by atoms with Crippen molar-refractivity contribution >= 4 is 29.1 Å². The molecule has 2 aromatic carbocycles. The number of hydrogen-bond donors (Lipinski definition) is 1. The molecule has 0 heterocycles. The molecule has 1 unspecified atom stereocenters. The third kappa shape index (κ3) is 4.93. The summed E-state index contributed by atoms with van der Waals surface area (Å²) in [6.45, 7) is 5.47. The molecule has 24 heavy (non-hydrogen) atoms. The number of thioether (sulfide) groups is 1. The molecule has 0 saturated carbocycles. The SMILES string of the molecule is CC(C)C(=O)Nc1ccc(C(=O)C(C)Sc2ccc(F)cc2)cc1. The minimum absolute atomic E-state index is 0.00828. The highest BCUT2D eigenvalue weighted by Crippen LogP contribution is 2.26. The topological polar surface area (TPSA) is 46.2 Å². The van der Waals surface area contributed by atoms with Crippen molar-refractivity contribution in [3.8, 4) is 0 Å². The fourth-order valence-corrected chi connectivity index (χ4v) is 2.95. The number of amides is 1. The van der Waals surface area contributed by atoms with Crippen molar-refractivity contribution in [1.82, 2.24) is 0 Å². The monoisotopic (exact) mass is 345 g/mol. The second-order valence-electron chi connectivity index (χ2n) is 5.80. The van der Waals surface area contributed by atoms with Gasteiger partial charge in [-0.1, -0.05) is 13.8 Å². The van der Waals surface area contributed by atoms with Gasteiger partial charge in [0.2, 0.25) is 5.91 Å². The van der Waals surface area contributed by atoms with Crippen LogP contribution in [0.1, 0.15) is 31.1 Å². The maximum atomic E-state index is 12.9. The van der Waals surface area contributed by atoms with E-state index in [0.717, 1.165) is 4.90 Å². The Morgan fingerprint density at radius 3 is 2.08 bits per heavy atom. The molecule has 0 aliphatic rings. The van der Waals surface area contributed by atoms with Crippen LogP contribution in [0.4, 0.5) is 10.1 Å². The van der Waals surface area contributed by atoms with E-state index in [1.165, 1.54) is 23.9 Å². The van der Waals surface area contributed by atoms with E-state index < -0.39 is 0 Å². The number of hydrogen-bond acceptors (Lipinski definition) is 3. The van der Waals surface area contributed by atoms with Crippen molar-refractivity contribution in [3.63, 3.8) is 0 Å². The Hall–Kier alpha value is -2.14. The molecule has 1 atom stereocenters. The van der Waals surface area contributed by atoms with Crippen LogP contribution in [0.25, 0.3) is 0 Å². The lowest BCUT2D eigenvalue weighted by molar-refractivity contribution is -0.118. The van der Waals surface area contributed by atoms with Gasteiger partial charge in [0.25, 0.3) is 0 Å². The summed E-state index contributed by atoms with van der Waals surface area (Å²) >= 11 is 1.39. The fraction of sp³-hybridized carbons (Fsp3) is 0.263. The van der Waals surface area contributed by atoms with Gasteiger partial charge < -0.3 is 5.32 Å². The number of carbonyl (C=O) groups is 2. The highest BCUT2D eigenvalue weighted by molar-refractivity contribution is 8.00. The van der Waals surface area contributed by atoms with Crippen molar-refractivity contribution in [2.24, 2.45) is 5.92 Å². The van der Waals surface area contributed by atoms with Gasteiger partial charge in [0, 0.05) is 22.1 Å². The minimum atomic E-state index is -0.294. The highest BCUT2D eigenvalue weighted by Gasteiger charge is 2.17. The fourth-order valence-electron chi connectivity index (χ4n) is 2.01. The molecule has 5 heteroatoms. The van der Waals surface area contributed by atoms with E-state index in [4.69, 9.17) is 0 Å². The summed E-state index contributed by atoms with van der Waals surface area (Å²) in [5.41, 5.74) is 1.25. The summed E-state index contributed by atoms with van der Waals surface area (Å²) in [5, 5.41) is 2.51. The van der Waals surface area contributed by atoms with E-state index in [0.29, 0.717) is 11.3 Å². The number of benzene rings is 2. The van der Waals surface area contributed by atoms with Crippen molar-refractivity contribution < 1.29 is 14.0 Å². The van der Waals surface area contributed by atoms with E-state index in [9.17, 15) is 14.0 Å². The summed E-state index contributed by atoms with van der Waals surface area (Å²) in [4.78, 5) is 25.0. The maximum absolute atomic E-state index is 12.9. The van der Waals surface area contributed by atoms with Crippen LogP contribution in [0.2, 0.25) is 0 Å². The molecule has 2 rings (SSSR count). The van der Waals surface area contributed by atoms with Crippen LogP contribution in [0, 0.1) is 11.7 Å². The Bertz CT molecular complexity index is 711. The van der Waals surface area contributed by atoms with Crippen LogP contribution >= 0.6 is 11.8 Å². The number of ketones is 1. The van der Waals surface area contributed by atoms with E-state index in [1.54, 1.807) is 36.4 Å². The minimum Gasteiger partial charge on any atom is -0.326 e. The predicted molar refractivity (Wildman–Crippen MR) is 96.0 cm³/mol. The highest BCUT2D eigenvalue weighted by atomic mass is 32.2. The molecule has 0 bridgehead atoms. The smallest absolute Gasteiger partial charge is 0.226 e. The predicted octanol–water partition coefficient (Wildman–Crippen LogP) is 4.78. The number of rotatable bonds is 6. The molecule has 3 nitrogen and oxygen atoms in total. The second-order valence-corrected chi connectivity index (χ2v) is 7.21. The zero-order valence-electron chi connectivity index (χ0n) is 13.9. The number of anilines is 1. The maximum Gasteiger partial charge on any atom is 0.226 e. The van der Waals surface area contributed by atoms with Crippen LogP contribution in [0.5, 0.6) is 0 Å². The molecule has 1 amide bonds. The van der Waals surface area contributed by atoms with Gasteiger partial charge in [-0.3, -0.25) is 9.59 Å². The van der Waals surface area contributed by atoms with Gasteiger partial charge in [-0.05, 0) is 55.5 Å². The largest absolute Gasteiger partial charge is 0.326 e. The first kappa shape index (κ1) is 18.2. The normalized spacial score (nSPS) is 12.0. The molecule has 2 aromatic rings. The third-order valence-corrected chi connectivity index (χ3v) is 4.57. The van der Waals surface area contributed by atoms with Crippen LogP contribution in [-0.2, 0) is 4.79 Å². The van der Waals surface area contributed by atoms with Crippen LogP contribution in [0.3, 0.4) is 0 Å². The molecule has 0 aromatic heterocycles. The Kier molecular flexibility index (Phi) is 6.15. The molecule has 1 N–H and O–H groups in total. The first-order chi connectivity index (χ1) is 11.4. The Balaban J connectivity index is 2.01. The first-order valence-corrected chi connectivity index (χ1v) is 8.62. The lowest BCUT2D eigenvalue weighted by Gasteiger charge is -2.12. The standard InChI is InChI=1S/C19H20FNO2S/c1-12(2)19(23)21-16-8-4-14(5-9-16)18(22)13(3)24-17-10-6-15(20)7-11-17/h4-13H,1-3H3,(H,21,23). The molecular weight excluding hydrogens is 325 g/mol. The van der Waals surface area contributed by atoms with Gasteiger partial charge >= 0.3 is 0 Å². The van der Waals surface area contributed by atoms with Crippen LogP contribution in [-0.4, -0.2) is 16.9 Å². The quantitative estimate of drug-likeness (QED) is 0.605. The number of carbonyl (C=O) groups excluding carboxylic acids is 2. The summed E-state index contributed by atoms with van der Waals surface area (Å²) in [5.74, 6) is -0.462. The van der Waals surface area contributed by atoms with E-state index in [1.807, 2.05) is 20.8 Å². The number of Topliss-reactive ketones (excluding diaryl/α,β-unsaturated/α-hetero) is 1. The van der Waals surface area contributed by atoms with Gasteiger partial charge in [-0.25, -0.2) is 4.39 Å². The van der Waals surface area contributed by atoms with Crippen molar-refractivity contribution in [2.45, 2.75) is 30.9 Å². The summed E-state index contributed by atoms with van der Waals surface area (Å²) < 4.78 is 12.9. The summed E-state index contributed by atoms with van der Waals surface area (Å²) in [6, 6.07) is 13.0. The van der Waals surface area contributed by atoms with Gasteiger partial charge in [-0.15, -0.1) is 11.8 Å². The average Bonchev–Trinajstić information content (AvgIpc) is 2.56. The van der Waals surface area contributed by atoms with Gasteiger partial charge in [0.15, 0.2) is 5.78 Å². The molecule has 0 radical (unpaired) electrons. The Labute approximate surface area is 145 Å². The molecular formula is C19H20FNO2S. The molecule has 0 aliphatic carbocycles. The van der Waals surface area contributed by atoms with E-state index in [2.05, 4.69) is 5.32 Å². The Morgan fingerprint density at radius 1 is 0.958 bits per heavy atom. The first-order valence-electron chi connectivity index (χ1n) is 7.74. The zero-order valence-corrected chi connectivity index (χ0v) is 14.7. The molecule has 0 fully saturated rings. The Morgan fingerprint density at radius 2 is 1.54 bits per heavy atom. The molecule has 0 aliphatic heterocycles. The molecule has 0 saturated heterocycles. The van der Waals surface area contributed by atoms with Crippen molar-refractivity contribution in [1.29, 1.82) is 0 Å². The van der Waals surface area contributed by atoms with Gasteiger partial charge in [0.1, 0.15) is 5.82 Å². The summed E-state index contributed by atoms with van der Waals surface area (Å²) in [6.07, 6.45) is 0. The average molecular weight is 345 g/mol. The third-order valence-electron chi connectivity index (χ3n) is 3.46.